The van der Waals surface area contributed by atoms with E-state index >= 15 is 0 Å². The van der Waals surface area contributed by atoms with Gasteiger partial charge in [0, 0.05) is 11.8 Å². The topological polar surface area (TPSA) is 64.9 Å². The molecule has 1 aromatic rings. The van der Waals surface area contributed by atoms with Crippen molar-refractivity contribution in [3.63, 3.8) is 0 Å². The van der Waals surface area contributed by atoms with Crippen LogP contribution in [0.3, 0.4) is 0 Å². The quantitative estimate of drug-likeness (QED) is 0.632. The standard InChI is InChI=1S/C8H11N3/c1-2-3-6-4-5-11-8(10)7(6)9/h2-5H,9H2,1H3,(H2,10,11)/b3-2+. The zero-order valence-corrected chi connectivity index (χ0v) is 6.41. The Morgan fingerprint density at radius 2 is 2.18 bits per heavy atom. The molecule has 1 rings (SSSR count). The largest absolute Gasteiger partial charge is 0.395 e. The van der Waals surface area contributed by atoms with E-state index in [0.717, 1.165) is 5.56 Å². The maximum atomic E-state index is 5.63. The van der Waals surface area contributed by atoms with E-state index in [4.69, 9.17) is 11.5 Å². The minimum atomic E-state index is 0.389. The van der Waals surface area contributed by atoms with Gasteiger partial charge in [0.2, 0.25) is 0 Å². The first-order valence-corrected chi connectivity index (χ1v) is 3.38. The number of pyridine rings is 1. The average Bonchev–Trinajstić information content (AvgIpc) is 1.99. The molecular weight excluding hydrogens is 138 g/mol. The molecule has 0 saturated carbocycles. The molecule has 58 valence electrons. The molecule has 0 aliphatic rings. The second-order valence-corrected chi connectivity index (χ2v) is 2.20. The first-order chi connectivity index (χ1) is 5.25. The Kier molecular flexibility index (Phi) is 2.11. The maximum absolute atomic E-state index is 5.63. The van der Waals surface area contributed by atoms with Crippen LogP contribution < -0.4 is 11.5 Å². The van der Waals surface area contributed by atoms with Gasteiger partial charge in [-0.3, -0.25) is 0 Å². The third kappa shape index (κ3) is 1.49. The van der Waals surface area contributed by atoms with Gasteiger partial charge in [-0.25, -0.2) is 4.98 Å². The van der Waals surface area contributed by atoms with Crippen LogP contribution in [0, 0.1) is 0 Å². The number of nitrogens with zero attached hydrogens (tertiary/aromatic N) is 1. The van der Waals surface area contributed by atoms with Crippen LogP contribution in [-0.4, -0.2) is 4.98 Å². The van der Waals surface area contributed by atoms with Crippen molar-refractivity contribution in [3.05, 3.63) is 23.9 Å². The number of aromatic nitrogens is 1. The molecule has 0 aromatic carbocycles. The Hall–Kier alpha value is -1.51. The van der Waals surface area contributed by atoms with Gasteiger partial charge >= 0.3 is 0 Å². The van der Waals surface area contributed by atoms with E-state index in [9.17, 15) is 0 Å². The van der Waals surface area contributed by atoms with Crippen molar-refractivity contribution in [2.75, 3.05) is 11.5 Å². The number of allylic oxidation sites excluding steroid dienone is 1. The molecule has 3 nitrogen and oxygen atoms in total. The predicted octanol–water partition coefficient (Wildman–Crippen LogP) is 1.28. The van der Waals surface area contributed by atoms with Crippen LogP contribution in [0.4, 0.5) is 11.5 Å². The number of anilines is 2. The lowest BCUT2D eigenvalue weighted by Gasteiger charge is -2.01. The minimum Gasteiger partial charge on any atom is -0.395 e. The Bertz CT molecular complexity index is 279. The summed E-state index contributed by atoms with van der Waals surface area (Å²) in [5.74, 6) is 0.389. The van der Waals surface area contributed by atoms with Gasteiger partial charge in [0.05, 0.1) is 5.69 Å². The molecule has 3 heteroatoms. The Labute approximate surface area is 65.7 Å². The van der Waals surface area contributed by atoms with E-state index in [0.29, 0.717) is 11.5 Å². The van der Waals surface area contributed by atoms with Gasteiger partial charge < -0.3 is 11.5 Å². The van der Waals surface area contributed by atoms with Crippen LogP contribution in [0.5, 0.6) is 0 Å². The fourth-order valence-electron chi connectivity index (χ4n) is 0.830. The molecule has 0 atom stereocenters. The van der Waals surface area contributed by atoms with Crippen molar-refractivity contribution in [1.82, 2.24) is 4.98 Å². The number of nitrogens with two attached hydrogens (primary N) is 2. The van der Waals surface area contributed by atoms with Crippen LogP contribution in [0.2, 0.25) is 0 Å². The van der Waals surface area contributed by atoms with E-state index in [1.54, 1.807) is 6.20 Å². The monoisotopic (exact) mass is 149 g/mol. The van der Waals surface area contributed by atoms with Crippen LogP contribution in [-0.2, 0) is 0 Å². The lowest BCUT2D eigenvalue weighted by atomic mass is 10.2. The van der Waals surface area contributed by atoms with Crippen LogP contribution in [0.15, 0.2) is 18.3 Å². The van der Waals surface area contributed by atoms with Gasteiger partial charge in [0.1, 0.15) is 5.82 Å². The SMILES string of the molecule is C/C=C/c1ccnc(N)c1N. The summed E-state index contributed by atoms with van der Waals surface area (Å²) in [6, 6.07) is 1.83. The molecule has 0 radical (unpaired) electrons. The number of hydrogen-bond donors (Lipinski definition) is 2. The van der Waals surface area contributed by atoms with Gasteiger partial charge in [0.25, 0.3) is 0 Å². The smallest absolute Gasteiger partial charge is 0.147 e. The van der Waals surface area contributed by atoms with E-state index in [1.165, 1.54) is 0 Å². The van der Waals surface area contributed by atoms with Crippen LogP contribution in [0.25, 0.3) is 6.08 Å². The van der Waals surface area contributed by atoms with E-state index < -0.39 is 0 Å². The van der Waals surface area contributed by atoms with Crippen molar-refractivity contribution >= 4 is 17.6 Å². The van der Waals surface area contributed by atoms with Gasteiger partial charge in [-0.15, -0.1) is 0 Å². The highest BCUT2D eigenvalue weighted by Crippen LogP contribution is 2.17. The first-order valence-electron chi connectivity index (χ1n) is 3.38. The fraction of sp³-hybridized carbons (Fsp3) is 0.125. The zero-order chi connectivity index (χ0) is 8.27. The normalized spacial score (nSPS) is 10.6. The van der Waals surface area contributed by atoms with E-state index in [-0.39, 0.29) is 0 Å². The van der Waals surface area contributed by atoms with E-state index in [2.05, 4.69) is 4.98 Å². The first kappa shape index (κ1) is 7.60. The highest BCUT2D eigenvalue weighted by Gasteiger charge is 1.97. The van der Waals surface area contributed by atoms with Crippen molar-refractivity contribution in [2.45, 2.75) is 6.92 Å². The third-order valence-corrected chi connectivity index (χ3v) is 1.40. The van der Waals surface area contributed by atoms with Gasteiger partial charge in [-0.05, 0) is 13.0 Å². The summed E-state index contributed by atoms with van der Waals surface area (Å²) < 4.78 is 0. The predicted molar refractivity (Wildman–Crippen MR) is 47.8 cm³/mol. The van der Waals surface area contributed by atoms with Gasteiger partial charge in [0.15, 0.2) is 0 Å². The number of rotatable bonds is 1. The number of nitrogen functional groups attached to an aromatic ring is 2. The molecule has 0 saturated heterocycles. The number of hydrogen-bond acceptors (Lipinski definition) is 3. The van der Waals surface area contributed by atoms with Crippen molar-refractivity contribution in [2.24, 2.45) is 0 Å². The summed E-state index contributed by atoms with van der Waals surface area (Å²) in [6.07, 6.45) is 5.44. The molecule has 1 aromatic heterocycles. The molecule has 0 bridgehead atoms. The van der Waals surface area contributed by atoms with Crippen LogP contribution in [0.1, 0.15) is 12.5 Å². The molecular formula is C8H11N3. The maximum Gasteiger partial charge on any atom is 0.147 e. The second-order valence-electron chi connectivity index (χ2n) is 2.20. The lowest BCUT2D eigenvalue weighted by molar-refractivity contribution is 1.33. The molecule has 0 aliphatic heterocycles. The second kappa shape index (κ2) is 3.05. The highest BCUT2D eigenvalue weighted by atomic mass is 14.9. The molecule has 11 heavy (non-hydrogen) atoms. The van der Waals surface area contributed by atoms with Gasteiger partial charge in [-0.2, -0.15) is 0 Å². The summed E-state index contributed by atoms with van der Waals surface area (Å²) in [7, 11) is 0. The Morgan fingerprint density at radius 1 is 1.45 bits per heavy atom. The molecule has 1 heterocycles. The highest BCUT2D eigenvalue weighted by molar-refractivity contribution is 5.72. The summed E-state index contributed by atoms with van der Waals surface area (Å²) in [5.41, 5.74) is 12.6. The summed E-state index contributed by atoms with van der Waals surface area (Å²) >= 11 is 0. The van der Waals surface area contributed by atoms with E-state index in [1.807, 2.05) is 25.1 Å². The van der Waals surface area contributed by atoms with Crippen LogP contribution >= 0.6 is 0 Å². The Morgan fingerprint density at radius 3 is 2.82 bits per heavy atom. The Balaban J connectivity index is 3.16. The molecule has 0 spiro atoms. The molecule has 0 fully saturated rings. The minimum absolute atomic E-state index is 0.389. The fourth-order valence-corrected chi connectivity index (χ4v) is 0.830. The van der Waals surface area contributed by atoms with Crippen molar-refractivity contribution < 1.29 is 0 Å². The zero-order valence-electron chi connectivity index (χ0n) is 6.41. The molecule has 4 N–H and O–H groups in total. The van der Waals surface area contributed by atoms with Crippen molar-refractivity contribution in [3.8, 4) is 0 Å². The summed E-state index contributed by atoms with van der Waals surface area (Å²) in [4.78, 5) is 3.84. The van der Waals surface area contributed by atoms with Crippen molar-refractivity contribution in [1.29, 1.82) is 0 Å². The average molecular weight is 149 g/mol. The lowest BCUT2D eigenvalue weighted by Crippen LogP contribution is -1.98. The molecule has 0 amide bonds. The van der Waals surface area contributed by atoms with Gasteiger partial charge in [-0.1, -0.05) is 12.2 Å². The summed E-state index contributed by atoms with van der Waals surface area (Å²) in [6.45, 7) is 1.93. The third-order valence-electron chi connectivity index (χ3n) is 1.40. The molecule has 0 unspecified atom stereocenters. The summed E-state index contributed by atoms with van der Waals surface area (Å²) in [5, 5.41) is 0. The molecule has 0 aliphatic carbocycles.